The topological polar surface area (TPSA) is 95.6 Å². The highest BCUT2D eigenvalue weighted by Crippen LogP contribution is 2.32. The fourth-order valence-electron chi connectivity index (χ4n) is 2.48. The second kappa shape index (κ2) is 9.47. The number of halogens is 1. The predicted molar refractivity (Wildman–Crippen MR) is 116 cm³/mol. The van der Waals surface area contributed by atoms with Crippen LogP contribution in [0.1, 0.15) is 12.0 Å². The number of thiocarbonyl (C=S) groups is 1. The Morgan fingerprint density at radius 2 is 1.80 bits per heavy atom. The van der Waals surface area contributed by atoms with E-state index in [0.717, 1.165) is 11.8 Å². The standard InChI is InChI=1S/C19H16FN3O4S3/c20-15-9-5-4-6-13(15)12-16-18(25)23(19(28)29-16)11-10-17(24)21-22-30(26,27)14-7-2-1-3-8-14/h1-9,12,22H,10-11H2,(H,21,24). The lowest BCUT2D eigenvalue weighted by Gasteiger charge is -2.14. The van der Waals surface area contributed by atoms with E-state index in [-0.39, 0.29) is 32.7 Å². The Labute approximate surface area is 182 Å². The summed E-state index contributed by atoms with van der Waals surface area (Å²) in [6.45, 7) is -0.0435. The molecule has 3 rings (SSSR count). The highest BCUT2D eigenvalue weighted by atomic mass is 32.2. The Hall–Kier alpha value is -2.60. The van der Waals surface area contributed by atoms with Crippen LogP contribution in [0.15, 0.2) is 64.4 Å². The number of rotatable bonds is 7. The molecule has 7 nitrogen and oxygen atoms in total. The molecule has 2 aromatic carbocycles. The number of carbonyl (C=O) groups excluding carboxylic acids is 2. The van der Waals surface area contributed by atoms with Crippen LogP contribution in [0.3, 0.4) is 0 Å². The second-order valence-electron chi connectivity index (χ2n) is 6.07. The van der Waals surface area contributed by atoms with E-state index in [4.69, 9.17) is 12.2 Å². The number of thioether (sulfide) groups is 1. The Bertz CT molecular complexity index is 1120. The monoisotopic (exact) mass is 465 g/mol. The first-order valence-electron chi connectivity index (χ1n) is 8.63. The minimum Gasteiger partial charge on any atom is -0.292 e. The molecule has 1 aliphatic heterocycles. The number of sulfonamides is 1. The van der Waals surface area contributed by atoms with Gasteiger partial charge in [-0.15, -0.1) is 4.83 Å². The first kappa shape index (κ1) is 22.1. The lowest BCUT2D eigenvalue weighted by Crippen LogP contribution is -2.43. The van der Waals surface area contributed by atoms with Crippen molar-refractivity contribution in [2.24, 2.45) is 0 Å². The lowest BCUT2D eigenvalue weighted by molar-refractivity contribution is -0.124. The van der Waals surface area contributed by atoms with E-state index in [9.17, 15) is 22.4 Å². The number of hydrogen-bond acceptors (Lipinski definition) is 6. The van der Waals surface area contributed by atoms with Gasteiger partial charge >= 0.3 is 0 Å². The molecule has 1 heterocycles. The van der Waals surface area contributed by atoms with Gasteiger partial charge in [-0.05, 0) is 24.3 Å². The van der Waals surface area contributed by atoms with Crippen LogP contribution in [0.4, 0.5) is 4.39 Å². The van der Waals surface area contributed by atoms with Gasteiger partial charge < -0.3 is 0 Å². The van der Waals surface area contributed by atoms with Crippen molar-refractivity contribution in [2.45, 2.75) is 11.3 Å². The summed E-state index contributed by atoms with van der Waals surface area (Å²) in [5.74, 6) is -1.54. The lowest BCUT2D eigenvalue weighted by atomic mass is 10.2. The molecule has 2 amide bonds. The maximum absolute atomic E-state index is 13.8. The summed E-state index contributed by atoms with van der Waals surface area (Å²) >= 11 is 6.18. The molecule has 0 aliphatic carbocycles. The minimum atomic E-state index is -3.90. The second-order valence-corrected chi connectivity index (χ2v) is 9.43. The molecule has 0 atom stereocenters. The van der Waals surface area contributed by atoms with E-state index in [2.05, 4.69) is 5.43 Å². The van der Waals surface area contributed by atoms with Crippen LogP contribution < -0.4 is 10.3 Å². The van der Waals surface area contributed by atoms with Gasteiger partial charge in [0.2, 0.25) is 5.91 Å². The molecular weight excluding hydrogens is 449 g/mol. The molecular formula is C19H16FN3O4S3. The summed E-state index contributed by atoms with van der Waals surface area (Å²) < 4.78 is 38.2. The molecule has 0 saturated carbocycles. The smallest absolute Gasteiger partial charge is 0.266 e. The average molecular weight is 466 g/mol. The van der Waals surface area contributed by atoms with Gasteiger partial charge in [0, 0.05) is 18.5 Å². The number of carbonyl (C=O) groups is 2. The molecule has 30 heavy (non-hydrogen) atoms. The zero-order valence-electron chi connectivity index (χ0n) is 15.4. The first-order chi connectivity index (χ1) is 14.3. The van der Waals surface area contributed by atoms with Gasteiger partial charge in [-0.3, -0.25) is 19.9 Å². The summed E-state index contributed by atoms with van der Waals surface area (Å²) in [7, 11) is -3.90. The van der Waals surface area contributed by atoms with Crippen molar-refractivity contribution in [1.29, 1.82) is 0 Å². The fourth-order valence-corrected chi connectivity index (χ4v) is 4.67. The normalized spacial score (nSPS) is 15.6. The van der Waals surface area contributed by atoms with Gasteiger partial charge in [0.05, 0.1) is 9.80 Å². The molecule has 0 unspecified atom stereocenters. The van der Waals surface area contributed by atoms with E-state index in [1.165, 1.54) is 35.2 Å². The molecule has 1 aliphatic rings. The molecule has 0 bridgehead atoms. The van der Waals surface area contributed by atoms with Gasteiger partial charge in [-0.2, -0.15) is 0 Å². The number of nitrogens with zero attached hydrogens (tertiary/aromatic N) is 1. The third-order valence-corrected chi connectivity index (χ3v) is 6.65. The highest BCUT2D eigenvalue weighted by molar-refractivity contribution is 8.26. The number of amides is 2. The Kier molecular flexibility index (Phi) is 6.98. The molecule has 156 valence electrons. The molecule has 0 spiro atoms. The van der Waals surface area contributed by atoms with Gasteiger partial charge in [0.25, 0.3) is 15.9 Å². The van der Waals surface area contributed by atoms with Crippen molar-refractivity contribution in [2.75, 3.05) is 6.54 Å². The van der Waals surface area contributed by atoms with Crippen LogP contribution in [-0.4, -0.2) is 36.0 Å². The predicted octanol–water partition coefficient (Wildman–Crippen LogP) is 2.43. The summed E-state index contributed by atoms with van der Waals surface area (Å²) in [4.78, 5) is 28.0. The molecule has 0 aromatic heterocycles. The van der Waals surface area contributed by atoms with Gasteiger partial charge in [0.1, 0.15) is 10.1 Å². The van der Waals surface area contributed by atoms with E-state index < -0.39 is 27.7 Å². The highest BCUT2D eigenvalue weighted by Gasteiger charge is 2.32. The van der Waals surface area contributed by atoms with Crippen molar-refractivity contribution >= 4 is 56.2 Å². The molecule has 0 radical (unpaired) electrons. The summed E-state index contributed by atoms with van der Waals surface area (Å²) in [6.07, 6.45) is 1.22. The third-order valence-electron chi connectivity index (χ3n) is 4.01. The molecule has 1 fully saturated rings. The largest absolute Gasteiger partial charge is 0.292 e. The quantitative estimate of drug-likeness (QED) is 0.371. The van der Waals surface area contributed by atoms with E-state index in [1.54, 1.807) is 30.3 Å². The van der Waals surface area contributed by atoms with Gasteiger partial charge in [-0.1, -0.05) is 60.4 Å². The van der Waals surface area contributed by atoms with Crippen LogP contribution in [0.25, 0.3) is 6.08 Å². The number of nitrogens with one attached hydrogen (secondary N) is 2. The van der Waals surface area contributed by atoms with Crippen molar-refractivity contribution in [3.63, 3.8) is 0 Å². The van der Waals surface area contributed by atoms with Crippen LogP contribution in [0.2, 0.25) is 0 Å². The SMILES string of the molecule is O=C(CCN1C(=O)C(=Cc2ccccc2F)SC1=S)NNS(=O)(=O)c1ccccc1. The number of hydrogen-bond donors (Lipinski definition) is 2. The Morgan fingerprint density at radius 3 is 2.50 bits per heavy atom. The summed E-state index contributed by atoms with van der Waals surface area (Å²) in [6, 6.07) is 13.6. The summed E-state index contributed by atoms with van der Waals surface area (Å²) in [5, 5.41) is 0. The Balaban J connectivity index is 1.57. The van der Waals surface area contributed by atoms with Gasteiger partial charge in [0.15, 0.2) is 0 Å². The zero-order chi connectivity index (χ0) is 21.7. The number of benzene rings is 2. The first-order valence-corrected chi connectivity index (χ1v) is 11.3. The van der Waals surface area contributed by atoms with Crippen LogP contribution in [0.5, 0.6) is 0 Å². The van der Waals surface area contributed by atoms with E-state index >= 15 is 0 Å². The maximum atomic E-state index is 13.8. The van der Waals surface area contributed by atoms with Crippen molar-refractivity contribution in [1.82, 2.24) is 15.2 Å². The molecule has 2 aromatic rings. The van der Waals surface area contributed by atoms with Gasteiger partial charge in [-0.25, -0.2) is 12.8 Å². The van der Waals surface area contributed by atoms with Crippen LogP contribution in [-0.2, 0) is 19.6 Å². The molecule has 11 heteroatoms. The van der Waals surface area contributed by atoms with Crippen molar-refractivity contribution in [3.8, 4) is 0 Å². The van der Waals surface area contributed by atoms with Crippen LogP contribution in [0, 0.1) is 5.82 Å². The van der Waals surface area contributed by atoms with E-state index in [0.29, 0.717) is 0 Å². The fraction of sp³-hybridized carbons (Fsp3) is 0.105. The average Bonchev–Trinajstić information content (AvgIpc) is 3.00. The summed E-state index contributed by atoms with van der Waals surface area (Å²) in [5.41, 5.74) is 2.36. The van der Waals surface area contributed by atoms with E-state index in [1.807, 2.05) is 4.83 Å². The number of hydrazine groups is 1. The van der Waals surface area contributed by atoms with Crippen molar-refractivity contribution in [3.05, 3.63) is 70.9 Å². The minimum absolute atomic E-state index is 0.000483. The zero-order valence-corrected chi connectivity index (χ0v) is 17.8. The van der Waals surface area contributed by atoms with Crippen LogP contribution >= 0.6 is 24.0 Å². The Morgan fingerprint density at radius 1 is 1.13 bits per heavy atom. The molecule has 2 N–H and O–H groups in total. The van der Waals surface area contributed by atoms with Crippen molar-refractivity contribution < 1.29 is 22.4 Å². The molecule has 1 saturated heterocycles. The third kappa shape index (κ3) is 5.30. The maximum Gasteiger partial charge on any atom is 0.266 e.